The Morgan fingerprint density at radius 2 is 1.50 bits per heavy atom. The molecule has 6 nitrogen and oxygen atoms in total. The maximum atomic E-state index is 13.5. The molecule has 0 bridgehead atoms. The lowest BCUT2D eigenvalue weighted by Gasteiger charge is -2.19. The predicted octanol–water partition coefficient (Wildman–Crippen LogP) is 7.22. The average molecular weight is 551 g/mol. The van der Waals surface area contributed by atoms with Crippen LogP contribution in [0.1, 0.15) is 21.2 Å². The summed E-state index contributed by atoms with van der Waals surface area (Å²) >= 11 is 7.64. The van der Waals surface area contributed by atoms with E-state index in [0.29, 0.717) is 33.5 Å². The summed E-state index contributed by atoms with van der Waals surface area (Å²) < 4.78 is 23.8. The summed E-state index contributed by atoms with van der Waals surface area (Å²) in [7, 11) is 3.00. The van der Waals surface area contributed by atoms with Gasteiger partial charge in [0.25, 0.3) is 5.91 Å². The molecule has 0 aromatic heterocycles. The van der Waals surface area contributed by atoms with E-state index in [4.69, 9.17) is 21.1 Å². The number of halogens is 2. The first-order chi connectivity index (χ1) is 18.4. The van der Waals surface area contributed by atoms with Gasteiger partial charge >= 0.3 is 0 Å². The van der Waals surface area contributed by atoms with Crippen LogP contribution < -0.4 is 20.1 Å². The third-order valence-corrected chi connectivity index (χ3v) is 7.11. The van der Waals surface area contributed by atoms with Gasteiger partial charge in [0.2, 0.25) is 5.91 Å². The van der Waals surface area contributed by atoms with Gasteiger partial charge in [-0.3, -0.25) is 9.59 Å². The normalized spacial score (nSPS) is 11.4. The molecule has 4 aromatic rings. The monoisotopic (exact) mass is 550 g/mol. The molecule has 0 spiro atoms. The fraction of sp³-hybridized carbons (Fsp3) is 0.103. The summed E-state index contributed by atoms with van der Waals surface area (Å²) in [6.45, 7) is 0. The number of benzene rings is 4. The van der Waals surface area contributed by atoms with Gasteiger partial charge in [0, 0.05) is 22.2 Å². The van der Waals surface area contributed by atoms with Gasteiger partial charge in [-0.1, -0.05) is 41.9 Å². The van der Waals surface area contributed by atoms with Gasteiger partial charge in [0.05, 0.1) is 24.9 Å². The van der Waals surface area contributed by atoms with Gasteiger partial charge in [-0.15, -0.1) is 11.8 Å². The van der Waals surface area contributed by atoms with Crippen LogP contribution in [-0.4, -0.2) is 26.0 Å². The molecular formula is C29H24ClFN2O4S. The predicted molar refractivity (Wildman–Crippen MR) is 149 cm³/mol. The van der Waals surface area contributed by atoms with Gasteiger partial charge in [-0.05, 0) is 60.2 Å². The molecule has 0 aliphatic carbocycles. The first kappa shape index (κ1) is 27.0. The molecule has 1 unspecified atom stereocenters. The number of hydrogen-bond acceptors (Lipinski definition) is 5. The topological polar surface area (TPSA) is 76.7 Å². The van der Waals surface area contributed by atoms with E-state index in [-0.39, 0.29) is 11.8 Å². The van der Waals surface area contributed by atoms with E-state index in [2.05, 4.69) is 10.6 Å². The molecule has 38 heavy (non-hydrogen) atoms. The van der Waals surface area contributed by atoms with Crippen LogP contribution in [0.15, 0.2) is 95.9 Å². The molecule has 0 saturated heterocycles. The Labute approximate surface area is 229 Å². The van der Waals surface area contributed by atoms with Crippen molar-refractivity contribution in [2.75, 3.05) is 24.9 Å². The molecule has 0 aliphatic rings. The van der Waals surface area contributed by atoms with Crippen molar-refractivity contribution in [2.24, 2.45) is 0 Å². The molecule has 4 aromatic carbocycles. The zero-order valence-corrected chi connectivity index (χ0v) is 22.1. The van der Waals surface area contributed by atoms with Crippen LogP contribution >= 0.6 is 23.4 Å². The summed E-state index contributed by atoms with van der Waals surface area (Å²) in [5.74, 6) is -0.179. The number of ether oxygens (including phenoxy) is 2. The number of methoxy groups -OCH3 is 2. The molecule has 2 N–H and O–H groups in total. The zero-order chi connectivity index (χ0) is 27.1. The van der Waals surface area contributed by atoms with E-state index in [1.54, 1.807) is 24.3 Å². The molecule has 4 rings (SSSR count). The molecule has 9 heteroatoms. The van der Waals surface area contributed by atoms with E-state index < -0.39 is 11.1 Å². The number of nitrogens with one attached hydrogen (secondary N) is 2. The summed E-state index contributed by atoms with van der Waals surface area (Å²) in [5.41, 5.74) is 2.15. The second-order valence-corrected chi connectivity index (χ2v) is 9.66. The number of carbonyl (C=O) groups is 2. The van der Waals surface area contributed by atoms with Gasteiger partial charge in [-0.2, -0.15) is 0 Å². The van der Waals surface area contributed by atoms with Crippen molar-refractivity contribution in [1.29, 1.82) is 0 Å². The quantitative estimate of drug-likeness (QED) is 0.215. The first-order valence-electron chi connectivity index (χ1n) is 11.5. The fourth-order valence-electron chi connectivity index (χ4n) is 3.61. The molecule has 0 saturated carbocycles. The molecule has 194 valence electrons. The Morgan fingerprint density at radius 1 is 0.842 bits per heavy atom. The third kappa shape index (κ3) is 6.65. The number of rotatable bonds is 9. The first-order valence-corrected chi connectivity index (χ1v) is 12.7. The molecule has 0 radical (unpaired) electrons. The molecular weight excluding hydrogens is 527 g/mol. The van der Waals surface area contributed by atoms with Crippen LogP contribution in [0.4, 0.5) is 15.8 Å². The van der Waals surface area contributed by atoms with E-state index in [0.717, 1.165) is 10.5 Å². The lowest BCUT2D eigenvalue weighted by Crippen LogP contribution is -2.19. The van der Waals surface area contributed by atoms with Gasteiger partial charge in [0.1, 0.15) is 22.6 Å². The molecule has 2 amide bonds. The van der Waals surface area contributed by atoms with E-state index in [1.165, 1.54) is 50.2 Å². The van der Waals surface area contributed by atoms with Crippen LogP contribution in [0.5, 0.6) is 11.5 Å². The number of amides is 2. The van der Waals surface area contributed by atoms with E-state index in [9.17, 15) is 14.0 Å². The highest BCUT2D eigenvalue weighted by Gasteiger charge is 2.24. The molecule has 0 aliphatic heterocycles. The average Bonchev–Trinajstić information content (AvgIpc) is 2.93. The highest BCUT2D eigenvalue weighted by Crippen LogP contribution is 2.40. The number of hydrogen-bond donors (Lipinski definition) is 2. The second kappa shape index (κ2) is 12.5. The van der Waals surface area contributed by atoms with Crippen LogP contribution in [0.25, 0.3) is 0 Å². The van der Waals surface area contributed by atoms with E-state index >= 15 is 0 Å². The number of thioether (sulfide) groups is 1. The van der Waals surface area contributed by atoms with Gasteiger partial charge in [0.15, 0.2) is 0 Å². The lowest BCUT2D eigenvalue weighted by molar-refractivity contribution is -0.115. The molecule has 0 heterocycles. The van der Waals surface area contributed by atoms with Gasteiger partial charge < -0.3 is 20.1 Å². The standard InChI is InChI=1S/C29H24ClFN2O4S/c1-36-25-17-26(37-2)24(16-23(25)30)33-29(35)27(18-6-4-3-5-7-18)38-22-14-12-21(13-15-22)32-28(34)19-8-10-20(31)11-9-19/h3-17,27H,1-2H3,(H,32,34)(H,33,35). The Kier molecular flexibility index (Phi) is 8.89. The highest BCUT2D eigenvalue weighted by atomic mass is 35.5. The van der Waals surface area contributed by atoms with Crippen molar-refractivity contribution >= 4 is 46.6 Å². The van der Waals surface area contributed by atoms with Crippen LogP contribution in [-0.2, 0) is 4.79 Å². The smallest absolute Gasteiger partial charge is 0.255 e. The minimum atomic E-state index is -0.596. The zero-order valence-electron chi connectivity index (χ0n) is 20.5. The largest absolute Gasteiger partial charge is 0.495 e. The molecule has 0 fully saturated rings. The Hall–Kier alpha value is -4.01. The van der Waals surface area contributed by atoms with Crippen LogP contribution in [0.2, 0.25) is 5.02 Å². The maximum absolute atomic E-state index is 13.5. The Bertz CT molecular complexity index is 1420. The van der Waals surface area contributed by atoms with Crippen molar-refractivity contribution in [3.05, 3.63) is 113 Å². The maximum Gasteiger partial charge on any atom is 0.255 e. The summed E-state index contributed by atoms with van der Waals surface area (Å²) in [4.78, 5) is 26.7. The van der Waals surface area contributed by atoms with Crippen LogP contribution in [0, 0.1) is 5.82 Å². The van der Waals surface area contributed by atoms with E-state index in [1.807, 2.05) is 42.5 Å². The van der Waals surface area contributed by atoms with Crippen molar-refractivity contribution in [2.45, 2.75) is 10.1 Å². The summed E-state index contributed by atoms with van der Waals surface area (Å²) in [6, 6.07) is 25.0. The van der Waals surface area contributed by atoms with Crippen molar-refractivity contribution in [3.8, 4) is 11.5 Å². The van der Waals surface area contributed by atoms with Crippen molar-refractivity contribution < 1.29 is 23.5 Å². The second-order valence-electron chi connectivity index (χ2n) is 8.07. The number of carbonyl (C=O) groups excluding carboxylic acids is 2. The van der Waals surface area contributed by atoms with Gasteiger partial charge in [-0.25, -0.2) is 4.39 Å². The third-order valence-electron chi connectivity index (χ3n) is 5.54. The van der Waals surface area contributed by atoms with Crippen molar-refractivity contribution in [3.63, 3.8) is 0 Å². The van der Waals surface area contributed by atoms with Crippen molar-refractivity contribution in [1.82, 2.24) is 0 Å². The van der Waals surface area contributed by atoms with Crippen LogP contribution in [0.3, 0.4) is 0 Å². The summed E-state index contributed by atoms with van der Waals surface area (Å²) in [5, 5.41) is 5.45. The molecule has 1 atom stereocenters. The minimum Gasteiger partial charge on any atom is -0.495 e. The lowest BCUT2D eigenvalue weighted by atomic mass is 10.1. The summed E-state index contributed by atoms with van der Waals surface area (Å²) in [6.07, 6.45) is 0. The Morgan fingerprint density at radius 3 is 2.13 bits per heavy atom. The SMILES string of the molecule is COc1cc(OC)c(NC(=O)C(Sc2ccc(NC(=O)c3ccc(F)cc3)cc2)c2ccccc2)cc1Cl. The minimum absolute atomic E-state index is 0.269. The fourth-order valence-corrected chi connectivity index (χ4v) is 4.88. The number of anilines is 2. The Balaban J connectivity index is 1.52. The highest BCUT2D eigenvalue weighted by molar-refractivity contribution is 8.00.